The van der Waals surface area contributed by atoms with Crippen LogP contribution < -0.4 is 5.73 Å². The predicted octanol–water partition coefficient (Wildman–Crippen LogP) is 2.44. The number of aryl methyl sites for hydroxylation is 1. The maximum atomic E-state index is 11.4. The van der Waals surface area contributed by atoms with Crippen molar-refractivity contribution < 1.29 is 4.79 Å². The van der Waals surface area contributed by atoms with E-state index < -0.39 is 0 Å². The van der Waals surface area contributed by atoms with Crippen molar-refractivity contribution >= 4 is 6.03 Å². The van der Waals surface area contributed by atoms with E-state index in [4.69, 9.17) is 5.73 Å². The Kier molecular flexibility index (Phi) is 2.77. The molecule has 2 N–H and O–H groups in total. The number of hydrogen-bond donors (Lipinski definition) is 1. The smallest absolute Gasteiger partial charge is 0.314 e. The molecule has 96 valence electrons. The summed E-state index contributed by atoms with van der Waals surface area (Å²) in [6.07, 6.45) is 5.84. The summed E-state index contributed by atoms with van der Waals surface area (Å²) in [5, 5.41) is 0. The lowest BCUT2D eigenvalue weighted by atomic mass is 9.66. The number of piperidine rings is 1. The second-order valence-electron chi connectivity index (χ2n) is 5.65. The zero-order valence-electron chi connectivity index (χ0n) is 10.7. The van der Waals surface area contributed by atoms with E-state index in [2.05, 4.69) is 24.3 Å². The molecule has 1 heterocycles. The van der Waals surface area contributed by atoms with E-state index in [0.29, 0.717) is 0 Å². The van der Waals surface area contributed by atoms with Crippen molar-refractivity contribution in [3.63, 3.8) is 0 Å². The van der Waals surface area contributed by atoms with Crippen LogP contribution in [0.5, 0.6) is 0 Å². The molecule has 1 aromatic rings. The number of nitrogens with two attached hydrogens (primary N) is 1. The summed E-state index contributed by atoms with van der Waals surface area (Å²) in [5.41, 5.74) is 8.56. The van der Waals surface area contributed by atoms with Gasteiger partial charge in [-0.15, -0.1) is 0 Å². The zero-order valence-corrected chi connectivity index (χ0v) is 10.7. The van der Waals surface area contributed by atoms with Crippen LogP contribution in [0.25, 0.3) is 0 Å². The van der Waals surface area contributed by atoms with Crippen LogP contribution in [0.4, 0.5) is 4.79 Å². The normalized spacial score (nSPS) is 27.0. The Morgan fingerprint density at radius 2 is 2.00 bits per heavy atom. The van der Waals surface area contributed by atoms with Crippen molar-refractivity contribution in [1.82, 2.24) is 4.90 Å². The van der Waals surface area contributed by atoms with Gasteiger partial charge in [-0.25, -0.2) is 4.79 Å². The van der Waals surface area contributed by atoms with E-state index >= 15 is 0 Å². The topological polar surface area (TPSA) is 46.3 Å². The molecule has 0 saturated carbocycles. The largest absolute Gasteiger partial charge is 0.351 e. The molecule has 2 amide bonds. The number of urea groups is 1. The number of amides is 2. The van der Waals surface area contributed by atoms with E-state index in [1.165, 1.54) is 36.8 Å². The van der Waals surface area contributed by atoms with Crippen molar-refractivity contribution in [3.8, 4) is 0 Å². The van der Waals surface area contributed by atoms with Crippen LogP contribution in [0.2, 0.25) is 0 Å². The Balaban J connectivity index is 1.98. The Hall–Kier alpha value is -1.51. The van der Waals surface area contributed by atoms with Gasteiger partial charge in [-0.05, 0) is 43.2 Å². The van der Waals surface area contributed by atoms with Crippen LogP contribution >= 0.6 is 0 Å². The molecule has 3 heteroatoms. The predicted molar refractivity (Wildman–Crippen MR) is 71.4 cm³/mol. The van der Waals surface area contributed by atoms with Gasteiger partial charge in [0.1, 0.15) is 0 Å². The molecule has 18 heavy (non-hydrogen) atoms. The summed E-state index contributed by atoms with van der Waals surface area (Å²) < 4.78 is 0. The number of benzene rings is 1. The molecule has 1 fully saturated rings. The zero-order chi connectivity index (χ0) is 12.6. The lowest BCUT2D eigenvalue weighted by molar-refractivity contribution is 0.145. The second-order valence-corrected chi connectivity index (χ2v) is 5.65. The molecular formula is C15H20N2O. The number of carbonyl (C=O) groups is 1. The van der Waals surface area contributed by atoms with Gasteiger partial charge in [0.25, 0.3) is 0 Å². The van der Waals surface area contributed by atoms with Gasteiger partial charge < -0.3 is 10.6 Å². The molecule has 2 aliphatic rings. The van der Waals surface area contributed by atoms with Crippen LogP contribution in [-0.2, 0) is 11.8 Å². The minimum atomic E-state index is -0.267. The third-order valence-electron chi connectivity index (χ3n) is 4.58. The fourth-order valence-corrected chi connectivity index (χ4v) is 3.75. The van der Waals surface area contributed by atoms with Crippen molar-refractivity contribution in [2.24, 2.45) is 5.73 Å². The van der Waals surface area contributed by atoms with E-state index in [-0.39, 0.29) is 11.4 Å². The van der Waals surface area contributed by atoms with Crippen molar-refractivity contribution in [2.75, 3.05) is 13.1 Å². The van der Waals surface area contributed by atoms with Crippen LogP contribution in [0.1, 0.15) is 36.8 Å². The first-order chi connectivity index (χ1) is 8.71. The van der Waals surface area contributed by atoms with Gasteiger partial charge in [0.2, 0.25) is 0 Å². The first kappa shape index (κ1) is 11.6. The van der Waals surface area contributed by atoms with E-state index in [9.17, 15) is 4.79 Å². The lowest BCUT2D eigenvalue weighted by Crippen LogP contribution is -2.51. The molecule has 1 spiro atoms. The maximum Gasteiger partial charge on any atom is 0.314 e. The van der Waals surface area contributed by atoms with Gasteiger partial charge in [0.15, 0.2) is 0 Å². The summed E-state index contributed by atoms with van der Waals surface area (Å²) in [4.78, 5) is 13.3. The highest BCUT2D eigenvalue weighted by Crippen LogP contribution is 2.43. The first-order valence-electron chi connectivity index (χ1n) is 6.84. The second kappa shape index (κ2) is 4.30. The Bertz CT molecular complexity index is 471. The van der Waals surface area contributed by atoms with Crippen molar-refractivity contribution in [2.45, 2.75) is 37.5 Å². The number of rotatable bonds is 0. The molecule has 3 nitrogen and oxygen atoms in total. The molecule has 1 saturated heterocycles. The average molecular weight is 244 g/mol. The SMILES string of the molecule is NC(=O)N1CCCC2(CCCc3ccccc32)C1. The number of primary amides is 1. The molecule has 1 unspecified atom stereocenters. The highest BCUT2D eigenvalue weighted by molar-refractivity contribution is 5.72. The van der Waals surface area contributed by atoms with Gasteiger partial charge in [-0.2, -0.15) is 0 Å². The van der Waals surface area contributed by atoms with Gasteiger partial charge in [0.05, 0.1) is 0 Å². The molecular weight excluding hydrogens is 224 g/mol. The van der Waals surface area contributed by atoms with Crippen LogP contribution in [-0.4, -0.2) is 24.0 Å². The molecule has 0 aromatic heterocycles. The molecule has 1 aliphatic carbocycles. The Morgan fingerprint density at radius 3 is 2.83 bits per heavy atom. The quantitative estimate of drug-likeness (QED) is 0.748. The summed E-state index contributed by atoms with van der Waals surface area (Å²) in [5.74, 6) is 0. The number of hydrogen-bond acceptors (Lipinski definition) is 1. The number of fused-ring (bicyclic) bond motifs is 2. The summed E-state index contributed by atoms with van der Waals surface area (Å²) >= 11 is 0. The van der Waals surface area contributed by atoms with E-state index in [1.54, 1.807) is 0 Å². The molecule has 1 aromatic carbocycles. The monoisotopic (exact) mass is 244 g/mol. The average Bonchev–Trinajstić information content (AvgIpc) is 2.39. The summed E-state index contributed by atoms with van der Waals surface area (Å²) in [6.45, 7) is 1.62. The maximum absolute atomic E-state index is 11.4. The molecule has 1 atom stereocenters. The highest BCUT2D eigenvalue weighted by atomic mass is 16.2. The fourth-order valence-electron chi connectivity index (χ4n) is 3.75. The van der Waals surface area contributed by atoms with Crippen molar-refractivity contribution in [1.29, 1.82) is 0 Å². The number of carbonyl (C=O) groups excluding carboxylic acids is 1. The minimum Gasteiger partial charge on any atom is -0.351 e. The minimum absolute atomic E-state index is 0.169. The fraction of sp³-hybridized carbons (Fsp3) is 0.533. The number of nitrogens with zero attached hydrogens (tertiary/aromatic N) is 1. The molecule has 1 aliphatic heterocycles. The number of likely N-dealkylation sites (tertiary alicyclic amines) is 1. The molecule has 0 bridgehead atoms. The van der Waals surface area contributed by atoms with E-state index in [0.717, 1.165) is 19.5 Å². The van der Waals surface area contributed by atoms with Crippen LogP contribution in [0.15, 0.2) is 24.3 Å². The van der Waals surface area contributed by atoms with Crippen molar-refractivity contribution in [3.05, 3.63) is 35.4 Å². The van der Waals surface area contributed by atoms with Gasteiger partial charge in [0, 0.05) is 18.5 Å². The molecule has 3 rings (SSSR count). The summed E-state index contributed by atoms with van der Waals surface area (Å²) in [7, 11) is 0. The highest BCUT2D eigenvalue weighted by Gasteiger charge is 2.40. The third-order valence-corrected chi connectivity index (χ3v) is 4.58. The van der Waals surface area contributed by atoms with E-state index in [1.807, 2.05) is 4.90 Å². The van der Waals surface area contributed by atoms with Gasteiger partial charge >= 0.3 is 6.03 Å². The molecule has 0 radical (unpaired) electrons. The summed E-state index contributed by atoms with van der Waals surface area (Å²) in [6, 6.07) is 8.46. The Labute approximate surface area is 108 Å². The van der Waals surface area contributed by atoms with Crippen LogP contribution in [0.3, 0.4) is 0 Å². The Morgan fingerprint density at radius 1 is 1.22 bits per heavy atom. The van der Waals surface area contributed by atoms with Gasteiger partial charge in [-0.3, -0.25) is 0 Å². The van der Waals surface area contributed by atoms with Crippen LogP contribution in [0, 0.1) is 0 Å². The first-order valence-corrected chi connectivity index (χ1v) is 6.84. The third kappa shape index (κ3) is 1.78. The van der Waals surface area contributed by atoms with Gasteiger partial charge in [-0.1, -0.05) is 24.3 Å². The lowest BCUT2D eigenvalue weighted by Gasteiger charge is -2.46. The standard InChI is InChI=1S/C15H20N2O/c16-14(18)17-10-4-9-15(11-17)8-3-6-12-5-1-2-7-13(12)15/h1-2,5,7H,3-4,6,8-11H2,(H2,16,18).